The minimum Gasteiger partial charge on any atom is -0.258 e. The fourth-order valence-electron chi connectivity index (χ4n) is 4.64. The van der Waals surface area contributed by atoms with Crippen LogP contribution in [-0.2, 0) is 0 Å². The molecule has 3 aromatic rings. The van der Waals surface area contributed by atoms with E-state index in [-0.39, 0.29) is 33.7 Å². The minimum atomic E-state index is -0.862. The Hall–Kier alpha value is -5.78. The summed E-state index contributed by atoms with van der Waals surface area (Å²) in [6.07, 6.45) is 13.4. The van der Waals surface area contributed by atoms with Crippen LogP contribution in [0.1, 0.15) is 22.3 Å². The van der Waals surface area contributed by atoms with Gasteiger partial charge in [0.1, 0.15) is 0 Å². The molecule has 0 amide bonds. The zero-order valence-electron chi connectivity index (χ0n) is 19.8. The molecular formula is C27H16N4O8. The first-order valence-electron chi connectivity index (χ1n) is 11.4. The molecule has 0 fully saturated rings. The van der Waals surface area contributed by atoms with Gasteiger partial charge in [-0.05, 0) is 22.8 Å². The molecule has 5 rings (SSSR count). The molecule has 12 heteroatoms. The number of rotatable bonds is 7. The first-order chi connectivity index (χ1) is 18.6. The molecule has 0 N–H and O–H groups in total. The lowest BCUT2D eigenvalue weighted by Crippen LogP contribution is -1.99. The Morgan fingerprint density at radius 1 is 0.615 bits per heavy atom. The number of fused-ring (bicyclic) bond motifs is 3. The normalized spacial score (nSPS) is 13.5. The number of hydrogen-bond donors (Lipinski definition) is 0. The lowest BCUT2D eigenvalue weighted by molar-refractivity contribution is -0.395. The van der Waals surface area contributed by atoms with Gasteiger partial charge in [0, 0.05) is 29.2 Å². The molecule has 0 aromatic heterocycles. The summed E-state index contributed by atoms with van der Waals surface area (Å²) in [6, 6.07) is 10.7. The van der Waals surface area contributed by atoms with E-state index < -0.39 is 42.4 Å². The maximum atomic E-state index is 11.9. The quantitative estimate of drug-likeness (QED) is 0.191. The molecule has 0 unspecified atom stereocenters. The predicted octanol–water partition coefficient (Wildman–Crippen LogP) is 6.64. The van der Waals surface area contributed by atoms with E-state index in [2.05, 4.69) is 0 Å². The number of hydrogen-bond acceptors (Lipinski definition) is 8. The Morgan fingerprint density at radius 2 is 1.08 bits per heavy atom. The SMILES string of the molecule is O=[N+]([O-])c1cc2c(c([N+](=O)[O-])c1)-c1c(cc([N+](=O)[O-])cc1[N+](=O)[O-])C2=Cc1ccc(/C=C\C2C=CC=C2)cc1. The Balaban J connectivity index is 1.73. The molecule has 2 aliphatic carbocycles. The molecule has 0 bridgehead atoms. The van der Waals surface area contributed by atoms with Crippen LogP contribution in [0.25, 0.3) is 28.9 Å². The predicted molar refractivity (Wildman–Crippen MR) is 143 cm³/mol. The number of nitro groups is 4. The summed E-state index contributed by atoms with van der Waals surface area (Å²) in [6.45, 7) is 0. The highest BCUT2D eigenvalue weighted by Gasteiger charge is 2.40. The summed E-state index contributed by atoms with van der Waals surface area (Å²) < 4.78 is 0. The third-order valence-electron chi connectivity index (χ3n) is 6.39. The van der Waals surface area contributed by atoms with Gasteiger partial charge in [-0.2, -0.15) is 0 Å². The van der Waals surface area contributed by atoms with Crippen molar-refractivity contribution in [2.45, 2.75) is 0 Å². The molecule has 0 saturated heterocycles. The average molecular weight is 524 g/mol. The molecule has 12 nitrogen and oxygen atoms in total. The second kappa shape index (κ2) is 9.59. The van der Waals surface area contributed by atoms with E-state index >= 15 is 0 Å². The summed E-state index contributed by atoms with van der Waals surface area (Å²) in [7, 11) is 0. The number of nitro benzene ring substituents is 4. The highest BCUT2D eigenvalue weighted by atomic mass is 16.6. The first kappa shape index (κ1) is 24.9. The van der Waals surface area contributed by atoms with E-state index in [4.69, 9.17) is 0 Å². The van der Waals surface area contributed by atoms with E-state index in [0.29, 0.717) is 5.56 Å². The smallest absolute Gasteiger partial charge is 0.258 e. The molecule has 39 heavy (non-hydrogen) atoms. The monoisotopic (exact) mass is 524 g/mol. The second-order valence-electron chi connectivity index (χ2n) is 8.73. The standard InChI is InChI=1S/C27H16N4O8/c32-28(33)19-12-22-21(11-18-9-7-17(8-10-18)6-5-16-3-1-2-4-16)23-13-20(29(34)35)15-25(31(38)39)27(23)26(22)24(14-19)30(36)37/h1-16H/b6-5-. The lowest BCUT2D eigenvalue weighted by atomic mass is 9.99. The minimum absolute atomic E-state index is 0.00159. The van der Waals surface area contributed by atoms with Crippen molar-refractivity contribution < 1.29 is 19.7 Å². The van der Waals surface area contributed by atoms with Crippen LogP contribution < -0.4 is 0 Å². The van der Waals surface area contributed by atoms with E-state index in [1.807, 2.05) is 48.6 Å². The van der Waals surface area contributed by atoms with Crippen molar-refractivity contribution in [1.82, 2.24) is 0 Å². The number of allylic oxidation sites excluding steroid dienone is 5. The zero-order valence-corrected chi connectivity index (χ0v) is 19.8. The van der Waals surface area contributed by atoms with Gasteiger partial charge in [0.25, 0.3) is 22.7 Å². The van der Waals surface area contributed by atoms with Gasteiger partial charge in [-0.1, -0.05) is 60.7 Å². The van der Waals surface area contributed by atoms with Crippen LogP contribution in [0, 0.1) is 46.4 Å². The van der Waals surface area contributed by atoms with Crippen molar-refractivity contribution in [3.05, 3.63) is 142 Å². The zero-order chi connectivity index (χ0) is 27.8. The Morgan fingerprint density at radius 3 is 1.51 bits per heavy atom. The highest BCUT2D eigenvalue weighted by Crippen LogP contribution is 2.54. The van der Waals surface area contributed by atoms with Gasteiger partial charge >= 0.3 is 0 Å². The number of non-ortho nitro benzene ring substituents is 2. The van der Waals surface area contributed by atoms with Crippen LogP contribution in [0.2, 0.25) is 0 Å². The maximum Gasteiger partial charge on any atom is 0.284 e. The van der Waals surface area contributed by atoms with Gasteiger partial charge in [0.05, 0.1) is 43.0 Å². The Bertz CT molecular complexity index is 1620. The molecule has 0 heterocycles. The van der Waals surface area contributed by atoms with Crippen molar-refractivity contribution in [2.24, 2.45) is 5.92 Å². The molecule has 0 spiro atoms. The molecule has 0 radical (unpaired) electrons. The molecular weight excluding hydrogens is 508 g/mol. The van der Waals surface area contributed by atoms with E-state index in [1.54, 1.807) is 18.2 Å². The molecule has 192 valence electrons. The van der Waals surface area contributed by atoms with Crippen molar-refractivity contribution in [3.8, 4) is 11.1 Å². The van der Waals surface area contributed by atoms with Gasteiger partial charge in [0.2, 0.25) is 0 Å². The van der Waals surface area contributed by atoms with E-state index in [1.165, 1.54) is 0 Å². The van der Waals surface area contributed by atoms with Crippen LogP contribution >= 0.6 is 0 Å². The topological polar surface area (TPSA) is 173 Å². The summed E-state index contributed by atoms with van der Waals surface area (Å²) >= 11 is 0. The largest absolute Gasteiger partial charge is 0.284 e. The highest BCUT2D eigenvalue weighted by molar-refractivity contribution is 6.12. The van der Waals surface area contributed by atoms with Crippen LogP contribution in [0.4, 0.5) is 22.7 Å². The van der Waals surface area contributed by atoms with Crippen LogP contribution in [0.5, 0.6) is 0 Å². The van der Waals surface area contributed by atoms with Gasteiger partial charge < -0.3 is 0 Å². The van der Waals surface area contributed by atoms with Crippen molar-refractivity contribution in [2.75, 3.05) is 0 Å². The second-order valence-corrected chi connectivity index (χ2v) is 8.73. The lowest BCUT2D eigenvalue weighted by Gasteiger charge is -2.05. The van der Waals surface area contributed by atoms with Crippen LogP contribution in [0.15, 0.2) is 78.9 Å². The molecule has 2 aliphatic rings. The first-order valence-corrected chi connectivity index (χ1v) is 11.4. The van der Waals surface area contributed by atoms with Gasteiger partial charge in [-0.25, -0.2) is 0 Å². The van der Waals surface area contributed by atoms with Crippen molar-refractivity contribution in [1.29, 1.82) is 0 Å². The fourth-order valence-corrected chi connectivity index (χ4v) is 4.64. The van der Waals surface area contributed by atoms with Gasteiger partial charge in [0.15, 0.2) is 0 Å². The van der Waals surface area contributed by atoms with Gasteiger partial charge in [-0.3, -0.25) is 40.5 Å². The number of nitrogens with zero attached hydrogens (tertiary/aromatic N) is 4. The Labute approximate surface area is 219 Å². The average Bonchev–Trinajstić information content (AvgIpc) is 3.53. The molecule has 3 aromatic carbocycles. The van der Waals surface area contributed by atoms with E-state index in [0.717, 1.165) is 29.8 Å². The van der Waals surface area contributed by atoms with Crippen molar-refractivity contribution >= 4 is 40.5 Å². The summed E-state index contributed by atoms with van der Waals surface area (Å²) in [5, 5.41) is 47.0. The molecule has 0 atom stereocenters. The molecule has 0 aliphatic heterocycles. The molecule has 0 saturated carbocycles. The maximum absolute atomic E-state index is 11.9. The van der Waals surface area contributed by atoms with Gasteiger partial charge in [-0.15, -0.1) is 0 Å². The fraction of sp³-hybridized carbons (Fsp3) is 0.0370. The Kier molecular flexibility index (Phi) is 6.12. The number of benzene rings is 3. The summed E-state index contributed by atoms with van der Waals surface area (Å²) in [5.74, 6) is 0.191. The van der Waals surface area contributed by atoms with E-state index in [9.17, 15) is 40.5 Å². The van der Waals surface area contributed by atoms with Crippen LogP contribution in [0.3, 0.4) is 0 Å². The third-order valence-corrected chi connectivity index (χ3v) is 6.39. The van der Waals surface area contributed by atoms with Crippen LogP contribution in [-0.4, -0.2) is 19.7 Å². The van der Waals surface area contributed by atoms with Crippen molar-refractivity contribution in [3.63, 3.8) is 0 Å². The summed E-state index contributed by atoms with van der Waals surface area (Å²) in [5.41, 5.74) is -1.40. The summed E-state index contributed by atoms with van der Waals surface area (Å²) in [4.78, 5) is 43.7. The third kappa shape index (κ3) is 4.57.